The Balaban J connectivity index is 3.12. The van der Waals surface area contributed by atoms with Crippen LogP contribution in [0.3, 0.4) is 0 Å². The summed E-state index contributed by atoms with van der Waals surface area (Å²) in [6.07, 6.45) is 1.26. The van der Waals surface area contributed by atoms with Crippen molar-refractivity contribution < 1.29 is 4.39 Å². The van der Waals surface area contributed by atoms with Crippen LogP contribution in [-0.2, 0) is 0 Å². The molecule has 0 aromatic heterocycles. The number of halogens is 2. The largest absolute Gasteiger partial charge is 0.323 e. The van der Waals surface area contributed by atoms with Crippen LogP contribution in [0, 0.1) is 5.82 Å². The van der Waals surface area contributed by atoms with Crippen LogP contribution in [0.25, 0.3) is 0 Å². The Morgan fingerprint density at radius 2 is 2.27 bits per heavy atom. The zero-order chi connectivity index (χ0) is 8.27. The summed E-state index contributed by atoms with van der Waals surface area (Å²) >= 11 is 3.20. The van der Waals surface area contributed by atoms with Gasteiger partial charge in [0.1, 0.15) is 5.82 Å². The molecule has 1 aromatic rings. The van der Waals surface area contributed by atoms with Gasteiger partial charge < -0.3 is 5.84 Å². The summed E-state index contributed by atoms with van der Waals surface area (Å²) in [5.74, 6) is 4.54. The van der Waals surface area contributed by atoms with Crippen molar-refractivity contribution in [1.29, 1.82) is 0 Å². The topological polar surface area (TPSA) is 38.4 Å². The van der Waals surface area contributed by atoms with Crippen LogP contribution in [0.1, 0.15) is 5.56 Å². The van der Waals surface area contributed by atoms with Gasteiger partial charge in [-0.3, -0.25) is 0 Å². The van der Waals surface area contributed by atoms with Crippen molar-refractivity contribution in [3.8, 4) is 0 Å². The summed E-state index contributed by atoms with van der Waals surface area (Å²) in [4.78, 5) is 0. The third-order valence-corrected chi connectivity index (χ3v) is 1.66. The third kappa shape index (κ3) is 2.01. The lowest BCUT2D eigenvalue weighted by Gasteiger charge is -1.95. The van der Waals surface area contributed by atoms with Crippen molar-refractivity contribution in [2.24, 2.45) is 10.9 Å². The molecule has 0 aliphatic rings. The average molecular weight is 217 g/mol. The molecule has 0 heterocycles. The molecule has 0 aliphatic carbocycles. The molecule has 0 saturated heterocycles. The van der Waals surface area contributed by atoms with Crippen LogP contribution in [0.5, 0.6) is 0 Å². The van der Waals surface area contributed by atoms with Crippen molar-refractivity contribution in [2.75, 3.05) is 0 Å². The monoisotopic (exact) mass is 216 g/mol. The normalized spacial score (nSPS) is 10.7. The molecule has 1 aromatic carbocycles. The van der Waals surface area contributed by atoms with Gasteiger partial charge in [-0.1, -0.05) is 15.9 Å². The lowest BCUT2D eigenvalue weighted by molar-refractivity contribution is 0.625. The van der Waals surface area contributed by atoms with Crippen molar-refractivity contribution in [3.63, 3.8) is 0 Å². The molecule has 0 unspecified atom stereocenters. The molecule has 0 spiro atoms. The van der Waals surface area contributed by atoms with Gasteiger partial charge >= 0.3 is 0 Å². The standard InChI is InChI=1S/C7H6BrFN2/c8-6-1-2-7(9)5(3-6)4-11-10/h1-4H,10H2. The van der Waals surface area contributed by atoms with Gasteiger partial charge in [0.05, 0.1) is 6.21 Å². The maximum atomic E-state index is 12.8. The van der Waals surface area contributed by atoms with E-state index in [9.17, 15) is 4.39 Å². The van der Waals surface area contributed by atoms with Crippen LogP contribution in [0.2, 0.25) is 0 Å². The minimum absolute atomic E-state index is 0.331. The Kier molecular flexibility index (Phi) is 2.59. The SMILES string of the molecule is NN=Cc1cc(Br)ccc1F. The van der Waals surface area contributed by atoms with Gasteiger partial charge in [-0.05, 0) is 18.2 Å². The van der Waals surface area contributed by atoms with E-state index in [1.165, 1.54) is 12.3 Å². The van der Waals surface area contributed by atoms with Crippen LogP contribution >= 0.6 is 15.9 Å². The highest BCUT2D eigenvalue weighted by Crippen LogP contribution is 2.13. The Bertz CT molecular complexity index is 286. The molecule has 0 radical (unpaired) electrons. The highest BCUT2D eigenvalue weighted by molar-refractivity contribution is 9.10. The minimum atomic E-state index is -0.331. The second-order valence-corrected chi connectivity index (χ2v) is 2.86. The predicted molar refractivity (Wildman–Crippen MR) is 45.9 cm³/mol. The van der Waals surface area contributed by atoms with Gasteiger partial charge in [0.25, 0.3) is 0 Å². The molecule has 0 fully saturated rings. The number of hydrogen-bond acceptors (Lipinski definition) is 2. The zero-order valence-corrected chi connectivity index (χ0v) is 7.18. The van der Waals surface area contributed by atoms with Crippen molar-refractivity contribution in [2.45, 2.75) is 0 Å². The summed E-state index contributed by atoms with van der Waals surface area (Å²) in [7, 11) is 0. The summed E-state index contributed by atoms with van der Waals surface area (Å²) in [6, 6.07) is 4.57. The van der Waals surface area contributed by atoms with E-state index in [-0.39, 0.29) is 5.82 Å². The molecule has 0 saturated carbocycles. The Morgan fingerprint density at radius 3 is 2.91 bits per heavy atom. The van der Waals surface area contributed by atoms with Gasteiger partial charge in [-0.25, -0.2) is 4.39 Å². The maximum Gasteiger partial charge on any atom is 0.132 e. The second kappa shape index (κ2) is 3.48. The first-order chi connectivity index (χ1) is 5.24. The quantitative estimate of drug-likeness (QED) is 0.435. The van der Waals surface area contributed by atoms with E-state index in [1.54, 1.807) is 12.1 Å². The van der Waals surface area contributed by atoms with E-state index in [2.05, 4.69) is 21.0 Å². The molecule has 2 N–H and O–H groups in total. The lowest BCUT2D eigenvalue weighted by atomic mass is 10.2. The van der Waals surface area contributed by atoms with E-state index in [1.807, 2.05) is 0 Å². The highest BCUT2D eigenvalue weighted by Gasteiger charge is 1.98. The van der Waals surface area contributed by atoms with Crippen LogP contribution < -0.4 is 5.84 Å². The fourth-order valence-electron chi connectivity index (χ4n) is 0.694. The van der Waals surface area contributed by atoms with Gasteiger partial charge in [0, 0.05) is 10.0 Å². The number of hydrogen-bond donors (Lipinski definition) is 1. The average Bonchev–Trinajstić information content (AvgIpc) is 1.98. The summed E-state index contributed by atoms with van der Waals surface area (Å²) in [6.45, 7) is 0. The molecule has 1 rings (SSSR count). The maximum absolute atomic E-state index is 12.8. The first kappa shape index (κ1) is 8.20. The van der Waals surface area contributed by atoms with Crippen LogP contribution in [-0.4, -0.2) is 6.21 Å². The number of rotatable bonds is 1. The molecule has 0 bridgehead atoms. The highest BCUT2D eigenvalue weighted by atomic mass is 79.9. The number of benzene rings is 1. The van der Waals surface area contributed by atoms with Gasteiger partial charge in [0.15, 0.2) is 0 Å². The number of nitrogens with zero attached hydrogens (tertiary/aromatic N) is 1. The van der Waals surface area contributed by atoms with Gasteiger partial charge in [-0.2, -0.15) is 5.10 Å². The lowest BCUT2D eigenvalue weighted by Crippen LogP contribution is -1.90. The van der Waals surface area contributed by atoms with E-state index >= 15 is 0 Å². The summed E-state index contributed by atoms with van der Waals surface area (Å²) < 4.78 is 13.6. The fraction of sp³-hybridized carbons (Fsp3) is 0. The number of nitrogens with two attached hydrogens (primary N) is 1. The second-order valence-electron chi connectivity index (χ2n) is 1.94. The Labute approximate surface area is 72.0 Å². The molecule has 4 heteroatoms. The van der Waals surface area contributed by atoms with E-state index in [4.69, 9.17) is 5.84 Å². The number of hydrazone groups is 1. The minimum Gasteiger partial charge on any atom is -0.323 e. The van der Waals surface area contributed by atoms with E-state index in [0.29, 0.717) is 5.56 Å². The zero-order valence-electron chi connectivity index (χ0n) is 5.59. The molecule has 0 amide bonds. The smallest absolute Gasteiger partial charge is 0.132 e. The van der Waals surface area contributed by atoms with E-state index in [0.717, 1.165) is 4.47 Å². The van der Waals surface area contributed by atoms with Crippen molar-refractivity contribution in [3.05, 3.63) is 34.1 Å². The first-order valence-corrected chi connectivity index (χ1v) is 3.71. The van der Waals surface area contributed by atoms with Crippen LogP contribution in [0.15, 0.2) is 27.8 Å². The van der Waals surface area contributed by atoms with Crippen molar-refractivity contribution in [1.82, 2.24) is 0 Å². The molecule has 0 aliphatic heterocycles. The fourth-order valence-corrected chi connectivity index (χ4v) is 1.07. The molecule has 2 nitrogen and oxygen atoms in total. The predicted octanol–water partition coefficient (Wildman–Crippen LogP) is 1.88. The van der Waals surface area contributed by atoms with Gasteiger partial charge in [-0.15, -0.1) is 0 Å². The first-order valence-electron chi connectivity index (χ1n) is 2.92. The van der Waals surface area contributed by atoms with Gasteiger partial charge in [0.2, 0.25) is 0 Å². The molecular weight excluding hydrogens is 211 g/mol. The van der Waals surface area contributed by atoms with E-state index < -0.39 is 0 Å². The summed E-state index contributed by atoms with van der Waals surface area (Å²) in [5, 5.41) is 3.22. The summed E-state index contributed by atoms with van der Waals surface area (Å²) in [5.41, 5.74) is 0.377. The third-order valence-electron chi connectivity index (χ3n) is 1.17. The molecule has 11 heavy (non-hydrogen) atoms. The van der Waals surface area contributed by atoms with Crippen LogP contribution in [0.4, 0.5) is 4.39 Å². The molecule has 58 valence electrons. The van der Waals surface area contributed by atoms with Crippen molar-refractivity contribution >= 4 is 22.1 Å². The Hall–Kier alpha value is -0.900. The molecular formula is C7H6BrFN2. The molecule has 0 atom stereocenters. The Morgan fingerprint density at radius 1 is 1.55 bits per heavy atom.